The predicted molar refractivity (Wildman–Crippen MR) is 103 cm³/mol. The molecule has 0 unspecified atom stereocenters. The van der Waals surface area contributed by atoms with Crippen LogP contribution in [0.1, 0.15) is 12.1 Å². The van der Waals surface area contributed by atoms with Crippen molar-refractivity contribution in [1.29, 1.82) is 0 Å². The molecule has 0 aliphatic rings. The standard InChI is InChI=1S/C18H17N5O6/c1-28-16(24)11-15(18(25)29-2)21-22-17(14-5-3-4-10-19-14)20-12-6-8-13(9-7-12)23(26)27/h3-10H,11H2,1-2H3,(H,20,22)/b21-15+. The monoisotopic (exact) mass is 399 g/mol. The van der Waals surface area contributed by atoms with Gasteiger partial charge in [0.2, 0.25) is 0 Å². The molecule has 29 heavy (non-hydrogen) atoms. The lowest BCUT2D eigenvalue weighted by molar-refractivity contribution is -0.384. The first-order valence-corrected chi connectivity index (χ1v) is 8.17. The quantitative estimate of drug-likeness (QED) is 0.244. The molecule has 11 heteroatoms. The maximum atomic E-state index is 11.9. The number of amidine groups is 1. The van der Waals surface area contributed by atoms with Crippen LogP contribution in [0.2, 0.25) is 0 Å². The fourth-order valence-corrected chi connectivity index (χ4v) is 2.02. The summed E-state index contributed by atoms with van der Waals surface area (Å²) in [6.45, 7) is 0. The van der Waals surface area contributed by atoms with Gasteiger partial charge in [-0.05, 0) is 24.3 Å². The number of benzene rings is 1. The molecule has 0 amide bonds. The molecule has 1 aromatic heterocycles. The number of methoxy groups -OCH3 is 2. The number of carbonyl (C=O) groups excluding carboxylic acids is 2. The lowest BCUT2D eigenvalue weighted by atomic mass is 10.2. The van der Waals surface area contributed by atoms with Crippen molar-refractivity contribution in [2.75, 3.05) is 14.2 Å². The molecule has 0 aliphatic heterocycles. The second-order valence-corrected chi connectivity index (χ2v) is 5.36. The molecule has 0 bridgehead atoms. The molecule has 0 atom stereocenters. The number of nitrogens with zero attached hydrogens (tertiary/aromatic N) is 4. The molecule has 1 N–H and O–H groups in total. The topological polar surface area (TPSA) is 145 Å². The van der Waals surface area contributed by atoms with Crippen LogP contribution in [0.3, 0.4) is 0 Å². The number of nitro groups is 1. The minimum Gasteiger partial charge on any atom is -0.469 e. The molecule has 0 spiro atoms. The van der Waals surface area contributed by atoms with E-state index in [1.807, 2.05) is 0 Å². The molecule has 150 valence electrons. The van der Waals surface area contributed by atoms with Crippen LogP contribution in [0.5, 0.6) is 0 Å². The zero-order chi connectivity index (χ0) is 21.2. The number of pyridine rings is 1. The summed E-state index contributed by atoms with van der Waals surface area (Å²) < 4.78 is 9.15. The number of carbonyl (C=O) groups is 2. The Balaban J connectivity index is 2.38. The van der Waals surface area contributed by atoms with Gasteiger partial charge in [0, 0.05) is 18.3 Å². The molecular formula is C18H17N5O6. The number of hydrazone groups is 1. The summed E-state index contributed by atoms with van der Waals surface area (Å²) in [5, 5.41) is 14.7. The smallest absolute Gasteiger partial charge is 0.354 e. The minimum atomic E-state index is -0.821. The predicted octanol–water partition coefficient (Wildman–Crippen LogP) is 1.75. The summed E-state index contributed by atoms with van der Waals surface area (Å²) in [6, 6.07) is 10.6. The summed E-state index contributed by atoms with van der Waals surface area (Å²) in [5.41, 5.74) is 3.05. The van der Waals surface area contributed by atoms with Crippen LogP contribution < -0.4 is 5.43 Å². The maximum absolute atomic E-state index is 11.9. The van der Waals surface area contributed by atoms with Gasteiger partial charge in [-0.25, -0.2) is 9.79 Å². The lowest BCUT2D eigenvalue weighted by Gasteiger charge is -2.08. The fraction of sp³-hybridized carbons (Fsp3) is 0.167. The molecular weight excluding hydrogens is 382 g/mol. The molecule has 0 saturated heterocycles. The summed E-state index contributed by atoms with van der Waals surface area (Å²) >= 11 is 0. The number of hydrogen-bond donors (Lipinski definition) is 1. The molecule has 0 aliphatic carbocycles. The van der Waals surface area contributed by atoms with Crippen LogP contribution in [0, 0.1) is 10.1 Å². The zero-order valence-corrected chi connectivity index (χ0v) is 15.6. The number of non-ortho nitro benzene ring substituents is 1. The van der Waals surface area contributed by atoms with Crippen LogP contribution in [-0.4, -0.2) is 47.6 Å². The van der Waals surface area contributed by atoms with Gasteiger partial charge in [-0.1, -0.05) is 6.07 Å². The molecule has 2 aromatic rings. The number of aromatic nitrogens is 1. The highest BCUT2D eigenvalue weighted by molar-refractivity contribution is 6.39. The summed E-state index contributed by atoms with van der Waals surface area (Å²) in [4.78, 5) is 42.1. The van der Waals surface area contributed by atoms with Gasteiger partial charge in [-0.2, -0.15) is 5.10 Å². The van der Waals surface area contributed by atoms with Crippen molar-refractivity contribution >= 4 is 34.9 Å². The van der Waals surface area contributed by atoms with E-state index in [0.717, 1.165) is 7.11 Å². The van der Waals surface area contributed by atoms with E-state index in [-0.39, 0.29) is 17.2 Å². The number of ether oxygens (including phenoxy) is 2. The van der Waals surface area contributed by atoms with Gasteiger partial charge in [0.05, 0.1) is 31.3 Å². The maximum Gasteiger partial charge on any atom is 0.354 e. The lowest BCUT2D eigenvalue weighted by Crippen LogP contribution is -2.27. The van der Waals surface area contributed by atoms with Crippen molar-refractivity contribution < 1.29 is 24.0 Å². The third kappa shape index (κ3) is 6.20. The Morgan fingerprint density at radius 3 is 2.41 bits per heavy atom. The summed E-state index contributed by atoms with van der Waals surface area (Å²) in [7, 11) is 2.33. The van der Waals surface area contributed by atoms with Crippen molar-refractivity contribution in [3.8, 4) is 0 Å². The second kappa shape index (κ2) is 10.3. The Kier molecular flexibility index (Phi) is 7.48. The zero-order valence-electron chi connectivity index (χ0n) is 15.6. The van der Waals surface area contributed by atoms with E-state index in [1.54, 1.807) is 18.2 Å². The third-order valence-electron chi connectivity index (χ3n) is 3.47. The van der Waals surface area contributed by atoms with Crippen LogP contribution in [-0.2, 0) is 19.1 Å². The Morgan fingerprint density at radius 2 is 1.86 bits per heavy atom. The van der Waals surface area contributed by atoms with Crippen molar-refractivity contribution in [2.24, 2.45) is 10.1 Å². The first kappa shape index (κ1) is 21.2. The van der Waals surface area contributed by atoms with Gasteiger partial charge in [0.25, 0.3) is 5.69 Å². The second-order valence-electron chi connectivity index (χ2n) is 5.36. The van der Waals surface area contributed by atoms with E-state index in [0.29, 0.717) is 11.4 Å². The number of esters is 2. The molecule has 0 radical (unpaired) electrons. The number of nitrogens with one attached hydrogen (secondary N) is 1. The van der Waals surface area contributed by atoms with Crippen LogP contribution in [0.4, 0.5) is 11.4 Å². The third-order valence-corrected chi connectivity index (χ3v) is 3.47. The molecule has 11 nitrogen and oxygen atoms in total. The minimum absolute atomic E-state index is 0.0830. The van der Waals surface area contributed by atoms with E-state index < -0.39 is 23.3 Å². The summed E-state index contributed by atoms with van der Waals surface area (Å²) in [6.07, 6.45) is 1.12. The van der Waals surface area contributed by atoms with Crippen LogP contribution in [0.25, 0.3) is 0 Å². The first-order chi connectivity index (χ1) is 13.9. The van der Waals surface area contributed by atoms with Crippen molar-refractivity contribution in [3.63, 3.8) is 0 Å². The highest BCUT2D eigenvalue weighted by Crippen LogP contribution is 2.18. The molecule has 1 heterocycles. The summed E-state index contributed by atoms with van der Waals surface area (Å²) in [5.74, 6) is -1.35. The molecule has 0 saturated carbocycles. The number of aliphatic imine (C=N–C) groups is 1. The first-order valence-electron chi connectivity index (χ1n) is 8.17. The number of rotatable bonds is 7. The van der Waals surface area contributed by atoms with Crippen molar-refractivity contribution in [3.05, 3.63) is 64.5 Å². The normalized spacial score (nSPS) is 11.5. The largest absolute Gasteiger partial charge is 0.469 e. The van der Waals surface area contributed by atoms with Crippen molar-refractivity contribution in [2.45, 2.75) is 6.42 Å². The molecule has 2 rings (SSSR count). The average Bonchev–Trinajstić information content (AvgIpc) is 2.75. The van der Waals surface area contributed by atoms with E-state index in [1.165, 1.54) is 37.6 Å². The highest BCUT2D eigenvalue weighted by Gasteiger charge is 2.18. The van der Waals surface area contributed by atoms with Gasteiger partial charge < -0.3 is 9.47 Å². The Labute approximate surface area is 165 Å². The van der Waals surface area contributed by atoms with Gasteiger partial charge in [0.15, 0.2) is 11.5 Å². The average molecular weight is 399 g/mol. The van der Waals surface area contributed by atoms with Gasteiger partial charge in [0.1, 0.15) is 5.69 Å². The van der Waals surface area contributed by atoms with E-state index >= 15 is 0 Å². The Hall–Kier alpha value is -4.15. The van der Waals surface area contributed by atoms with Gasteiger partial charge in [-0.15, -0.1) is 0 Å². The fourth-order valence-electron chi connectivity index (χ4n) is 2.02. The number of nitro benzene ring substituents is 1. The van der Waals surface area contributed by atoms with Gasteiger partial charge in [-0.3, -0.25) is 25.3 Å². The van der Waals surface area contributed by atoms with Crippen LogP contribution in [0.15, 0.2) is 58.8 Å². The highest BCUT2D eigenvalue weighted by atomic mass is 16.6. The van der Waals surface area contributed by atoms with E-state index in [4.69, 9.17) is 0 Å². The van der Waals surface area contributed by atoms with Gasteiger partial charge >= 0.3 is 11.9 Å². The molecule has 1 aromatic carbocycles. The van der Waals surface area contributed by atoms with E-state index in [2.05, 4.69) is 30.0 Å². The molecule has 0 fully saturated rings. The SMILES string of the molecule is COC(=O)C/C(=N\NC(=Nc1ccc([N+](=O)[O-])cc1)c1ccccn1)C(=O)OC. The Bertz CT molecular complexity index is 941. The number of hydrogen-bond acceptors (Lipinski definition) is 9. The van der Waals surface area contributed by atoms with Crippen molar-refractivity contribution in [1.82, 2.24) is 10.4 Å². The van der Waals surface area contributed by atoms with E-state index in [9.17, 15) is 19.7 Å². The Morgan fingerprint density at radius 1 is 1.14 bits per heavy atom. The van der Waals surface area contributed by atoms with Crippen LogP contribution >= 0.6 is 0 Å².